The van der Waals surface area contributed by atoms with Crippen LogP contribution in [0.15, 0.2) is 12.4 Å². The molecule has 2 N–H and O–H groups in total. The smallest absolute Gasteiger partial charge is 0.107 e. The van der Waals surface area contributed by atoms with Crippen molar-refractivity contribution in [3.8, 4) is 6.07 Å². The molecule has 0 saturated carbocycles. The Hall–Kier alpha value is -1.34. The summed E-state index contributed by atoms with van der Waals surface area (Å²) in [5, 5.41) is 8.66. The van der Waals surface area contributed by atoms with Gasteiger partial charge in [-0.3, -0.25) is 0 Å². The first-order valence-electron chi connectivity index (χ1n) is 4.30. The van der Waals surface area contributed by atoms with Gasteiger partial charge in [0.2, 0.25) is 0 Å². The van der Waals surface area contributed by atoms with E-state index >= 15 is 0 Å². The molecule has 4 nitrogen and oxygen atoms in total. The predicted molar refractivity (Wildman–Crippen MR) is 49.6 cm³/mol. The number of hydrogen-bond acceptors (Lipinski definition) is 3. The number of aromatic nitrogens is 2. The van der Waals surface area contributed by atoms with Crippen LogP contribution in [-0.2, 0) is 5.66 Å². The van der Waals surface area contributed by atoms with Crippen LogP contribution in [-0.4, -0.2) is 9.55 Å². The van der Waals surface area contributed by atoms with Gasteiger partial charge in [0.05, 0.1) is 12.5 Å². The second-order valence-corrected chi connectivity index (χ2v) is 3.14. The van der Waals surface area contributed by atoms with E-state index in [1.807, 2.05) is 24.6 Å². The van der Waals surface area contributed by atoms with Crippen molar-refractivity contribution in [2.45, 2.75) is 32.4 Å². The minimum Gasteiger partial charge on any atom is -0.316 e. The molecule has 0 bridgehead atoms. The highest BCUT2D eigenvalue weighted by molar-refractivity contribution is 4.99. The minimum atomic E-state index is -0.602. The summed E-state index contributed by atoms with van der Waals surface area (Å²) in [5.74, 6) is 0.847. The molecule has 0 aliphatic rings. The number of rotatable bonds is 3. The molecule has 0 fully saturated rings. The quantitative estimate of drug-likeness (QED) is 0.754. The van der Waals surface area contributed by atoms with Crippen LogP contribution in [0.3, 0.4) is 0 Å². The van der Waals surface area contributed by atoms with Crippen LogP contribution in [0, 0.1) is 18.3 Å². The lowest BCUT2D eigenvalue weighted by molar-refractivity contribution is 0.284. The van der Waals surface area contributed by atoms with E-state index < -0.39 is 5.66 Å². The minimum absolute atomic E-state index is 0.306. The number of imidazole rings is 1. The van der Waals surface area contributed by atoms with Gasteiger partial charge in [0.15, 0.2) is 0 Å². The second kappa shape index (κ2) is 3.58. The van der Waals surface area contributed by atoms with Crippen LogP contribution in [0.5, 0.6) is 0 Å². The van der Waals surface area contributed by atoms with Gasteiger partial charge in [-0.05, 0) is 13.3 Å². The Kier molecular flexibility index (Phi) is 2.69. The number of nitrogens with zero attached hydrogens (tertiary/aromatic N) is 3. The van der Waals surface area contributed by atoms with E-state index in [1.165, 1.54) is 0 Å². The highest BCUT2D eigenvalue weighted by Gasteiger charge is 2.25. The molecule has 0 aromatic carbocycles. The maximum Gasteiger partial charge on any atom is 0.107 e. The van der Waals surface area contributed by atoms with Crippen molar-refractivity contribution in [1.29, 1.82) is 5.26 Å². The number of hydrogen-bond donors (Lipinski definition) is 1. The Morgan fingerprint density at radius 3 is 2.85 bits per heavy atom. The topological polar surface area (TPSA) is 67.6 Å². The van der Waals surface area contributed by atoms with Crippen molar-refractivity contribution >= 4 is 0 Å². The fourth-order valence-electron chi connectivity index (χ4n) is 1.37. The summed E-state index contributed by atoms with van der Waals surface area (Å²) in [6.45, 7) is 3.85. The zero-order valence-electron chi connectivity index (χ0n) is 7.99. The van der Waals surface area contributed by atoms with E-state index in [1.54, 1.807) is 6.20 Å². The molecule has 70 valence electrons. The third-order valence-corrected chi connectivity index (χ3v) is 2.30. The van der Waals surface area contributed by atoms with Gasteiger partial charge >= 0.3 is 0 Å². The molecule has 0 aliphatic carbocycles. The van der Waals surface area contributed by atoms with Gasteiger partial charge in [-0.2, -0.15) is 5.26 Å². The van der Waals surface area contributed by atoms with Crippen molar-refractivity contribution in [3.63, 3.8) is 0 Å². The van der Waals surface area contributed by atoms with Crippen molar-refractivity contribution in [2.75, 3.05) is 0 Å². The van der Waals surface area contributed by atoms with Crippen LogP contribution in [0.4, 0.5) is 0 Å². The molecule has 1 aromatic heterocycles. The van der Waals surface area contributed by atoms with E-state index in [-0.39, 0.29) is 0 Å². The van der Waals surface area contributed by atoms with Gasteiger partial charge in [0.1, 0.15) is 11.5 Å². The normalized spacial score (nSPS) is 14.9. The highest BCUT2D eigenvalue weighted by Crippen LogP contribution is 2.19. The van der Waals surface area contributed by atoms with Gasteiger partial charge in [-0.15, -0.1) is 0 Å². The summed E-state index contributed by atoms with van der Waals surface area (Å²) in [5.41, 5.74) is 5.47. The largest absolute Gasteiger partial charge is 0.316 e. The fraction of sp³-hybridized carbons (Fsp3) is 0.556. The van der Waals surface area contributed by atoms with E-state index in [0.717, 1.165) is 12.2 Å². The molecular weight excluding hydrogens is 164 g/mol. The molecule has 1 unspecified atom stereocenters. The first-order chi connectivity index (χ1) is 6.14. The summed E-state index contributed by atoms with van der Waals surface area (Å²) in [6, 6.07) is 2.10. The highest BCUT2D eigenvalue weighted by atomic mass is 15.2. The lowest BCUT2D eigenvalue weighted by Crippen LogP contribution is -2.42. The Morgan fingerprint density at radius 2 is 2.46 bits per heavy atom. The third kappa shape index (κ3) is 1.70. The first-order valence-corrected chi connectivity index (χ1v) is 4.30. The van der Waals surface area contributed by atoms with E-state index in [9.17, 15) is 0 Å². The monoisotopic (exact) mass is 178 g/mol. The van der Waals surface area contributed by atoms with Crippen LogP contribution < -0.4 is 5.73 Å². The molecule has 1 rings (SSSR count). The average Bonchev–Trinajstić information content (AvgIpc) is 2.52. The van der Waals surface area contributed by atoms with Crippen LogP contribution in [0.1, 0.15) is 25.6 Å². The first kappa shape index (κ1) is 9.75. The number of nitrogens with two attached hydrogens (primary N) is 1. The Morgan fingerprint density at radius 1 is 1.77 bits per heavy atom. The van der Waals surface area contributed by atoms with Gasteiger partial charge in [0.25, 0.3) is 0 Å². The van der Waals surface area contributed by atoms with Gasteiger partial charge < -0.3 is 10.3 Å². The van der Waals surface area contributed by atoms with Crippen molar-refractivity contribution in [1.82, 2.24) is 9.55 Å². The predicted octanol–water partition coefficient (Wildman–Crippen LogP) is 1.13. The van der Waals surface area contributed by atoms with Crippen molar-refractivity contribution in [2.24, 2.45) is 5.73 Å². The molecule has 13 heavy (non-hydrogen) atoms. The lowest BCUT2D eigenvalue weighted by Gasteiger charge is -2.28. The summed E-state index contributed by atoms with van der Waals surface area (Å²) in [7, 11) is 0. The Balaban J connectivity index is 3.03. The molecule has 0 aliphatic heterocycles. The third-order valence-electron chi connectivity index (χ3n) is 2.30. The van der Waals surface area contributed by atoms with E-state index in [4.69, 9.17) is 11.0 Å². The maximum atomic E-state index is 8.66. The van der Waals surface area contributed by atoms with Crippen molar-refractivity contribution in [3.05, 3.63) is 18.2 Å². The Bertz CT molecular complexity index is 323. The molecular formula is C9H14N4. The molecule has 0 saturated heterocycles. The van der Waals surface area contributed by atoms with E-state index in [0.29, 0.717) is 6.42 Å². The molecule has 1 heterocycles. The molecule has 0 radical (unpaired) electrons. The Labute approximate surface area is 78.0 Å². The standard InChI is InChI=1S/C9H14N4/c1-3-9(11,4-5-10)13-7-6-12-8(13)2/h6-7H,3-4,11H2,1-2H3. The lowest BCUT2D eigenvalue weighted by atomic mass is 10.0. The van der Waals surface area contributed by atoms with Gasteiger partial charge in [-0.1, -0.05) is 6.92 Å². The van der Waals surface area contributed by atoms with Crippen molar-refractivity contribution < 1.29 is 0 Å². The molecule has 0 spiro atoms. The number of nitriles is 1. The maximum absolute atomic E-state index is 8.66. The zero-order chi connectivity index (χ0) is 9.90. The average molecular weight is 178 g/mol. The summed E-state index contributed by atoms with van der Waals surface area (Å²) < 4.78 is 1.86. The SMILES string of the molecule is CCC(N)(CC#N)n1ccnc1C. The molecule has 0 amide bonds. The van der Waals surface area contributed by atoms with Crippen LogP contribution in [0.25, 0.3) is 0 Å². The second-order valence-electron chi connectivity index (χ2n) is 3.14. The molecule has 4 heteroatoms. The van der Waals surface area contributed by atoms with Crippen LogP contribution in [0.2, 0.25) is 0 Å². The molecule has 1 aromatic rings. The van der Waals surface area contributed by atoms with Crippen LogP contribution >= 0.6 is 0 Å². The summed E-state index contributed by atoms with van der Waals surface area (Å²) >= 11 is 0. The summed E-state index contributed by atoms with van der Waals surface area (Å²) in [4.78, 5) is 4.09. The van der Waals surface area contributed by atoms with Gasteiger partial charge in [-0.25, -0.2) is 4.98 Å². The summed E-state index contributed by atoms with van der Waals surface area (Å²) in [6.07, 6.45) is 4.54. The fourth-order valence-corrected chi connectivity index (χ4v) is 1.37. The van der Waals surface area contributed by atoms with Gasteiger partial charge in [0, 0.05) is 12.4 Å². The number of aryl methyl sites for hydroxylation is 1. The van der Waals surface area contributed by atoms with E-state index in [2.05, 4.69) is 11.1 Å². The molecule has 1 atom stereocenters. The zero-order valence-corrected chi connectivity index (χ0v) is 7.99.